The van der Waals surface area contributed by atoms with E-state index in [4.69, 9.17) is 4.74 Å². The Labute approximate surface area is 153 Å². The lowest BCUT2D eigenvalue weighted by molar-refractivity contribution is 0.0725. The van der Waals surface area contributed by atoms with E-state index in [-0.39, 0.29) is 11.5 Å². The van der Waals surface area contributed by atoms with Crippen molar-refractivity contribution in [2.75, 3.05) is 13.1 Å². The number of carbonyl (C=O) groups is 1. The third-order valence-corrected chi connectivity index (χ3v) is 5.75. The van der Waals surface area contributed by atoms with E-state index >= 15 is 0 Å². The maximum Gasteiger partial charge on any atom is 0.274 e. The Balaban J connectivity index is 1.30. The lowest BCUT2D eigenvalue weighted by atomic mass is 9.91. The number of benzene rings is 1. The highest BCUT2D eigenvalue weighted by Crippen LogP contribution is 2.39. The molecule has 1 atom stereocenters. The number of hydrogen-bond donors (Lipinski definition) is 1. The van der Waals surface area contributed by atoms with Crippen molar-refractivity contribution in [2.24, 2.45) is 0 Å². The Kier molecular flexibility index (Phi) is 3.62. The van der Waals surface area contributed by atoms with E-state index in [1.54, 1.807) is 0 Å². The molecule has 1 aliphatic carbocycles. The first-order valence-corrected chi connectivity index (χ1v) is 9.54. The van der Waals surface area contributed by atoms with Gasteiger partial charge in [0.1, 0.15) is 17.0 Å². The number of para-hydroxylation sites is 1. The van der Waals surface area contributed by atoms with Crippen LogP contribution in [0.15, 0.2) is 36.4 Å². The van der Waals surface area contributed by atoms with Crippen molar-refractivity contribution < 1.29 is 9.53 Å². The molecule has 5 heteroatoms. The summed E-state index contributed by atoms with van der Waals surface area (Å²) in [5.74, 6) is 1.55. The summed E-state index contributed by atoms with van der Waals surface area (Å²) in [6, 6.07) is 10.1. The van der Waals surface area contributed by atoms with Crippen LogP contribution in [0, 0.1) is 0 Å². The van der Waals surface area contributed by atoms with Gasteiger partial charge in [-0.1, -0.05) is 24.3 Å². The first-order chi connectivity index (χ1) is 12.7. The maximum atomic E-state index is 12.9. The maximum absolute atomic E-state index is 12.9. The summed E-state index contributed by atoms with van der Waals surface area (Å²) < 4.78 is 6.37. The van der Waals surface area contributed by atoms with Crippen LogP contribution in [0.25, 0.3) is 6.08 Å². The topological polar surface area (TPSA) is 58.2 Å². The summed E-state index contributed by atoms with van der Waals surface area (Å²) in [4.78, 5) is 14.8. The lowest BCUT2D eigenvalue weighted by Crippen LogP contribution is -2.38. The average Bonchev–Trinajstić information content (AvgIpc) is 3.44. The molecule has 5 rings (SSSR count). The minimum Gasteiger partial charge on any atom is -0.483 e. The van der Waals surface area contributed by atoms with Crippen molar-refractivity contribution >= 4 is 12.0 Å². The molecule has 2 aromatic rings. The van der Waals surface area contributed by atoms with Gasteiger partial charge in [0, 0.05) is 36.7 Å². The molecule has 134 valence electrons. The summed E-state index contributed by atoms with van der Waals surface area (Å²) in [5.41, 5.74) is 2.48. The Morgan fingerprint density at radius 1 is 1.23 bits per heavy atom. The Morgan fingerprint density at radius 3 is 3.00 bits per heavy atom. The number of likely N-dealkylation sites (tertiary alicyclic amines) is 1. The molecule has 1 N–H and O–H groups in total. The number of nitrogens with one attached hydrogen (secondary N) is 1. The van der Waals surface area contributed by atoms with Gasteiger partial charge in [-0.25, -0.2) is 0 Å². The molecule has 2 aliphatic heterocycles. The normalized spacial score (nSPS) is 24.8. The molecule has 26 heavy (non-hydrogen) atoms. The fourth-order valence-corrected chi connectivity index (χ4v) is 4.02. The fourth-order valence-electron chi connectivity index (χ4n) is 4.02. The van der Waals surface area contributed by atoms with E-state index in [0.29, 0.717) is 18.2 Å². The van der Waals surface area contributed by atoms with Gasteiger partial charge >= 0.3 is 0 Å². The van der Waals surface area contributed by atoms with Crippen LogP contribution in [0.2, 0.25) is 0 Å². The second-order valence-electron chi connectivity index (χ2n) is 7.67. The van der Waals surface area contributed by atoms with Gasteiger partial charge in [-0.3, -0.25) is 9.89 Å². The van der Waals surface area contributed by atoms with Gasteiger partial charge in [0.25, 0.3) is 5.91 Å². The van der Waals surface area contributed by atoms with Crippen LogP contribution in [-0.2, 0) is 0 Å². The van der Waals surface area contributed by atoms with Crippen LogP contribution in [0.3, 0.4) is 0 Å². The van der Waals surface area contributed by atoms with Crippen LogP contribution in [-0.4, -0.2) is 39.7 Å². The number of rotatable bonds is 2. The van der Waals surface area contributed by atoms with Gasteiger partial charge in [-0.15, -0.1) is 0 Å². The molecule has 1 aromatic heterocycles. The largest absolute Gasteiger partial charge is 0.483 e. The second kappa shape index (κ2) is 6.01. The number of aromatic nitrogens is 2. The van der Waals surface area contributed by atoms with Crippen LogP contribution in [0.4, 0.5) is 0 Å². The molecule has 5 nitrogen and oxygen atoms in total. The molecule has 0 radical (unpaired) electrons. The number of H-pyrrole nitrogens is 1. The van der Waals surface area contributed by atoms with E-state index < -0.39 is 0 Å². The number of nitrogens with zero attached hydrogens (tertiary/aromatic N) is 2. The van der Waals surface area contributed by atoms with Crippen molar-refractivity contribution in [3.63, 3.8) is 0 Å². The summed E-state index contributed by atoms with van der Waals surface area (Å²) >= 11 is 0. The zero-order valence-electron chi connectivity index (χ0n) is 14.8. The Bertz CT molecular complexity index is 868. The molecule has 0 bridgehead atoms. The minimum atomic E-state index is -0.297. The quantitative estimate of drug-likeness (QED) is 0.898. The molecule has 1 saturated heterocycles. The van der Waals surface area contributed by atoms with E-state index in [9.17, 15) is 4.79 Å². The first kappa shape index (κ1) is 15.7. The predicted molar refractivity (Wildman–Crippen MR) is 99.2 cm³/mol. The number of ether oxygens (including phenoxy) is 1. The fraction of sp³-hybridized carbons (Fsp3) is 0.429. The standard InChI is InChI=1S/C21H23N3O2/c25-20(18-14-17(22-23-18)15-6-7-15)24-12-3-9-21(11-13-24)10-8-16-4-1-2-5-19(16)26-21/h1-2,4-5,8,10,14-15H,3,6-7,9,11-13H2,(H,22,23)/t21-/m0/s1. The SMILES string of the molecule is O=C(c1cc(C2CC2)[nH]n1)N1CCC[C@]2(C=Cc3ccccc3O2)CC1. The third kappa shape index (κ3) is 2.81. The van der Waals surface area contributed by atoms with Gasteiger partial charge in [0.15, 0.2) is 0 Å². The van der Waals surface area contributed by atoms with Crippen molar-refractivity contribution in [3.05, 3.63) is 53.4 Å². The molecular weight excluding hydrogens is 326 g/mol. The van der Waals surface area contributed by atoms with E-state index in [1.165, 1.54) is 12.8 Å². The van der Waals surface area contributed by atoms with Crippen molar-refractivity contribution in [1.29, 1.82) is 0 Å². The summed E-state index contributed by atoms with van der Waals surface area (Å²) in [7, 11) is 0. The molecule has 1 aromatic carbocycles. The minimum absolute atomic E-state index is 0.0328. The number of fused-ring (bicyclic) bond motifs is 1. The molecule has 2 fully saturated rings. The van der Waals surface area contributed by atoms with E-state index in [0.717, 1.165) is 42.8 Å². The number of hydrogen-bond acceptors (Lipinski definition) is 3. The highest BCUT2D eigenvalue weighted by Gasteiger charge is 2.36. The third-order valence-electron chi connectivity index (χ3n) is 5.75. The van der Waals surface area contributed by atoms with Crippen molar-refractivity contribution in [3.8, 4) is 5.75 Å². The smallest absolute Gasteiger partial charge is 0.274 e. The zero-order valence-corrected chi connectivity index (χ0v) is 14.8. The average molecular weight is 349 g/mol. The highest BCUT2D eigenvalue weighted by molar-refractivity contribution is 5.92. The van der Waals surface area contributed by atoms with Gasteiger partial charge in [0.05, 0.1) is 0 Å². The molecule has 3 heterocycles. The van der Waals surface area contributed by atoms with Gasteiger partial charge < -0.3 is 9.64 Å². The van der Waals surface area contributed by atoms with Crippen LogP contribution < -0.4 is 4.74 Å². The lowest BCUT2D eigenvalue weighted by Gasteiger charge is -2.34. The van der Waals surface area contributed by atoms with Crippen molar-refractivity contribution in [1.82, 2.24) is 15.1 Å². The van der Waals surface area contributed by atoms with Crippen LogP contribution >= 0.6 is 0 Å². The molecular formula is C21H23N3O2. The number of carbonyl (C=O) groups excluding carboxylic acids is 1. The van der Waals surface area contributed by atoms with E-state index in [1.807, 2.05) is 29.2 Å². The van der Waals surface area contributed by atoms with Crippen LogP contribution in [0.5, 0.6) is 5.75 Å². The molecule has 1 saturated carbocycles. The monoisotopic (exact) mass is 349 g/mol. The molecule has 0 unspecified atom stereocenters. The second-order valence-corrected chi connectivity index (χ2v) is 7.67. The molecule has 3 aliphatic rings. The zero-order chi connectivity index (χ0) is 17.6. The Hall–Kier alpha value is -2.56. The number of aromatic amines is 1. The summed E-state index contributed by atoms with van der Waals surface area (Å²) in [6.07, 6.45) is 9.41. The number of amides is 1. The molecule has 1 spiro atoms. The van der Waals surface area contributed by atoms with Gasteiger partial charge in [-0.05, 0) is 43.9 Å². The summed E-state index contributed by atoms with van der Waals surface area (Å²) in [6.45, 7) is 1.45. The van der Waals surface area contributed by atoms with Crippen molar-refractivity contribution in [2.45, 2.75) is 43.6 Å². The summed E-state index contributed by atoms with van der Waals surface area (Å²) in [5, 5.41) is 7.29. The Morgan fingerprint density at radius 2 is 2.12 bits per heavy atom. The first-order valence-electron chi connectivity index (χ1n) is 9.54. The predicted octanol–water partition coefficient (Wildman–Crippen LogP) is 3.76. The van der Waals surface area contributed by atoms with Gasteiger partial charge in [0.2, 0.25) is 0 Å². The molecule has 1 amide bonds. The van der Waals surface area contributed by atoms with E-state index in [2.05, 4.69) is 28.4 Å². The van der Waals surface area contributed by atoms with Crippen LogP contribution in [0.1, 0.15) is 59.8 Å². The highest BCUT2D eigenvalue weighted by atomic mass is 16.5. The van der Waals surface area contributed by atoms with Gasteiger partial charge in [-0.2, -0.15) is 5.10 Å².